The lowest BCUT2D eigenvalue weighted by Crippen LogP contribution is -2.15. The van der Waals surface area contributed by atoms with Crippen molar-refractivity contribution in [3.63, 3.8) is 0 Å². The highest BCUT2D eigenvalue weighted by Crippen LogP contribution is 2.19. The number of aryl methyl sites for hydroxylation is 1. The van der Waals surface area contributed by atoms with Crippen molar-refractivity contribution in [3.8, 4) is 0 Å². The Morgan fingerprint density at radius 1 is 1.08 bits per heavy atom. The zero-order valence-electron chi connectivity index (χ0n) is 13.4. The van der Waals surface area contributed by atoms with Gasteiger partial charge in [-0.25, -0.2) is 9.59 Å². The van der Waals surface area contributed by atoms with Gasteiger partial charge in [-0.2, -0.15) is 0 Å². The molecule has 126 valence electrons. The van der Waals surface area contributed by atoms with Gasteiger partial charge in [0, 0.05) is 9.26 Å². The molecule has 0 fully saturated rings. The van der Waals surface area contributed by atoms with Gasteiger partial charge in [0.1, 0.15) is 0 Å². The summed E-state index contributed by atoms with van der Waals surface area (Å²) in [5.41, 5.74) is 1.95. The summed E-state index contributed by atoms with van der Waals surface area (Å²) in [4.78, 5) is 38.8. The quantitative estimate of drug-likeness (QED) is 0.438. The molecule has 1 aromatic heterocycles. The third kappa shape index (κ3) is 3.84. The molecule has 0 unspecified atom stereocenters. The van der Waals surface area contributed by atoms with Crippen LogP contribution in [-0.4, -0.2) is 36.4 Å². The molecule has 1 heterocycles. The molecule has 6 nitrogen and oxygen atoms in total. The van der Waals surface area contributed by atoms with Crippen LogP contribution in [0.15, 0.2) is 24.3 Å². The van der Waals surface area contributed by atoms with Crippen molar-refractivity contribution in [1.82, 2.24) is 4.98 Å². The fraction of sp³-hybridized carbons (Fsp3) is 0.235. The molecular weight excluding hydrogens is 425 g/mol. The van der Waals surface area contributed by atoms with Gasteiger partial charge in [-0.3, -0.25) is 4.79 Å². The molecule has 0 saturated heterocycles. The molecular formula is C17H16INO5. The van der Waals surface area contributed by atoms with Gasteiger partial charge >= 0.3 is 11.9 Å². The number of halogens is 1. The minimum atomic E-state index is -0.575. The smallest absolute Gasteiger partial charge is 0.339 e. The normalized spacial score (nSPS) is 10.3. The minimum absolute atomic E-state index is 0.239. The van der Waals surface area contributed by atoms with Gasteiger partial charge in [0.05, 0.1) is 23.9 Å². The number of carbonyl (C=O) groups is 3. The predicted octanol–water partition coefficient (Wildman–Crippen LogP) is 3.06. The Morgan fingerprint density at radius 3 is 2.29 bits per heavy atom. The Balaban J connectivity index is 2.09. The largest absolute Gasteiger partial charge is 0.465 e. The van der Waals surface area contributed by atoms with Gasteiger partial charge < -0.3 is 14.5 Å². The number of Topliss-reactive ketones (excluding diaryl/α,β-unsaturated/α-hetero) is 1. The Labute approximate surface area is 152 Å². The maximum Gasteiger partial charge on any atom is 0.339 e. The molecule has 0 radical (unpaired) electrons. The van der Waals surface area contributed by atoms with Crippen molar-refractivity contribution in [1.29, 1.82) is 0 Å². The van der Waals surface area contributed by atoms with Crippen LogP contribution in [0.5, 0.6) is 0 Å². The second-order valence-corrected chi connectivity index (χ2v) is 6.37. The Hall–Kier alpha value is -2.16. The molecule has 0 bridgehead atoms. The highest BCUT2D eigenvalue weighted by Gasteiger charge is 2.23. The standard InChI is InChI=1S/C17H16INO5/c1-9-14(17(22)23-3)10(2)19-15(9)13(20)8-24-16(21)11-4-6-12(18)7-5-11/h4-7,19H,8H2,1-3H3. The molecule has 0 saturated carbocycles. The van der Waals surface area contributed by atoms with Gasteiger partial charge in [-0.05, 0) is 66.3 Å². The van der Waals surface area contributed by atoms with E-state index in [0.29, 0.717) is 22.4 Å². The van der Waals surface area contributed by atoms with E-state index in [-0.39, 0.29) is 5.69 Å². The molecule has 0 spiro atoms. The zero-order valence-corrected chi connectivity index (χ0v) is 15.6. The van der Waals surface area contributed by atoms with E-state index in [0.717, 1.165) is 3.57 Å². The number of methoxy groups -OCH3 is 1. The Morgan fingerprint density at radius 2 is 1.71 bits per heavy atom. The average molecular weight is 441 g/mol. The number of esters is 2. The summed E-state index contributed by atoms with van der Waals surface area (Å²) in [5, 5.41) is 0. The van der Waals surface area contributed by atoms with E-state index in [1.54, 1.807) is 38.1 Å². The molecule has 0 aliphatic carbocycles. The molecule has 1 N–H and O–H groups in total. The Kier molecular flexibility index (Phi) is 5.76. The molecule has 2 rings (SSSR count). The maximum atomic E-state index is 12.3. The first-order chi connectivity index (χ1) is 11.3. The van der Waals surface area contributed by atoms with E-state index < -0.39 is 24.3 Å². The third-order valence-corrected chi connectivity index (χ3v) is 4.24. The summed E-state index contributed by atoms with van der Waals surface area (Å²) in [6, 6.07) is 6.82. The number of ether oxygens (including phenoxy) is 2. The van der Waals surface area contributed by atoms with E-state index >= 15 is 0 Å². The van der Waals surface area contributed by atoms with E-state index in [1.165, 1.54) is 7.11 Å². The summed E-state index contributed by atoms with van der Waals surface area (Å²) in [6.07, 6.45) is 0. The van der Waals surface area contributed by atoms with Crippen LogP contribution in [0.3, 0.4) is 0 Å². The maximum absolute atomic E-state index is 12.3. The number of H-pyrrole nitrogens is 1. The van der Waals surface area contributed by atoms with Crippen molar-refractivity contribution in [2.75, 3.05) is 13.7 Å². The third-order valence-electron chi connectivity index (χ3n) is 3.52. The monoisotopic (exact) mass is 441 g/mol. The van der Waals surface area contributed by atoms with Gasteiger partial charge in [-0.1, -0.05) is 0 Å². The number of aromatic amines is 1. The minimum Gasteiger partial charge on any atom is -0.465 e. The lowest BCUT2D eigenvalue weighted by molar-refractivity contribution is 0.0473. The van der Waals surface area contributed by atoms with Crippen molar-refractivity contribution in [3.05, 3.63) is 55.9 Å². The highest BCUT2D eigenvalue weighted by atomic mass is 127. The van der Waals surface area contributed by atoms with Gasteiger partial charge in [0.25, 0.3) is 0 Å². The van der Waals surface area contributed by atoms with Crippen LogP contribution in [0.4, 0.5) is 0 Å². The fourth-order valence-corrected chi connectivity index (χ4v) is 2.67. The van der Waals surface area contributed by atoms with Gasteiger partial charge in [0.2, 0.25) is 5.78 Å². The first-order valence-corrected chi connectivity index (χ1v) is 8.16. The first-order valence-electron chi connectivity index (χ1n) is 7.08. The van der Waals surface area contributed by atoms with Crippen LogP contribution in [0.1, 0.15) is 42.5 Å². The number of nitrogens with one attached hydrogen (secondary N) is 1. The summed E-state index contributed by atoms with van der Waals surface area (Å²) in [7, 11) is 1.28. The molecule has 1 aromatic carbocycles. The van der Waals surface area contributed by atoms with Crippen LogP contribution >= 0.6 is 22.6 Å². The van der Waals surface area contributed by atoms with Crippen LogP contribution < -0.4 is 0 Å². The number of rotatable bonds is 5. The van der Waals surface area contributed by atoms with Gasteiger partial charge in [0.15, 0.2) is 6.61 Å². The number of hydrogen-bond donors (Lipinski definition) is 1. The van der Waals surface area contributed by atoms with Crippen molar-refractivity contribution >= 4 is 40.3 Å². The summed E-state index contributed by atoms with van der Waals surface area (Å²) >= 11 is 2.13. The second kappa shape index (κ2) is 7.61. The lowest BCUT2D eigenvalue weighted by atomic mass is 10.1. The number of aromatic nitrogens is 1. The summed E-state index contributed by atoms with van der Waals surface area (Å²) < 4.78 is 10.7. The Bertz CT molecular complexity index is 792. The average Bonchev–Trinajstić information content (AvgIpc) is 2.87. The molecule has 2 aromatic rings. The summed E-state index contributed by atoms with van der Waals surface area (Å²) in [6.45, 7) is 2.91. The highest BCUT2D eigenvalue weighted by molar-refractivity contribution is 14.1. The van der Waals surface area contributed by atoms with E-state index in [1.807, 2.05) is 0 Å². The predicted molar refractivity (Wildman–Crippen MR) is 95.4 cm³/mol. The summed E-state index contributed by atoms with van der Waals surface area (Å²) in [5.74, 6) is -1.50. The fourth-order valence-electron chi connectivity index (χ4n) is 2.31. The van der Waals surface area contributed by atoms with E-state index in [9.17, 15) is 14.4 Å². The molecule has 7 heteroatoms. The molecule has 0 amide bonds. The van der Waals surface area contributed by atoms with Crippen LogP contribution in [0.2, 0.25) is 0 Å². The van der Waals surface area contributed by atoms with Crippen LogP contribution in [-0.2, 0) is 9.47 Å². The van der Waals surface area contributed by atoms with E-state index in [2.05, 4.69) is 27.6 Å². The van der Waals surface area contributed by atoms with Crippen molar-refractivity contribution in [2.24, 2.45) is 0 Å². The SMILES string of the molecule is COC(=O)c1c(C)[nH]c(C(=O)COC(=O)c2ccc(I)cc2)c1C. The van der Waals surface area contributed by atoms with Crippen LogP contribution in [0.25, 0.3) is 0 Å². The second-order valence-electron chi connectivity index (χ2n) is 5.12. The topological polar surface area (TPSA) is 85.5 Å². The molecule has 24 heavy (non-hydrogen) atoms. The van der Waals surface area contributed by atoms with Gasteiger partial charge in [-0.15, -0.1) is 0 Å². The number of benzene rings is 1. The first kappa shape index (κ1) is 18.2. The number of carbonyl (C=O) groups excluding carboxylic acids is 3. The molecule has 0 aliphatic heterocycles. The van der Waals surface area contributed by atoms with Crippen LogP contribution in [0, 0.1) is 17.4 Å². The number of hydrogen-bond acceptors (Lipinski definition) is 5. The molecule has 0 aliphatic rings. The molecule has 0 atom stereocenters. The number of ketones is 1. The lowest BCUT2D eigenvalue weighted by Gasteiger charge is -2.05. The van der Waals surface area contributed by atoms with Crippen molar-refractivity contribution < 1.29 is 23.9 Å². The van der Waals surface area contributed by atoms with Crippen molar-refractivity contribution in [2.45, 2.75) is 13.8 Å². The zero-order chi connectivity index (χ0) is 17.9. The van der Waals surface area contributed by atoms with E-state index in [4.69, 9.17) is 9.47 Å².